The summed E-state index contributed by atoms with van der Waals surface area (Å²) in [6.07, 6.45) is 0. The summed E-state index contributed by atoms with van der Waals surface area (Å²) in [7, 11) is -4.64. The van der Waals surface area contributed by atoms with Crippen molar-refractivity contribution in [3.8, 4) is 0 Å². The van der Waals surface area contributed by atoms with Crippen LogP contribution in [0.15, 0.2) is 23.1 Å². The summed E-state index contributed by atoms with van der Waals surface area (Å²) in [4.78, 5) is 20.4. The third-order valence-electron chi connectivity index (χ3n) is 1.70. The number of carbonyl (C=O) groups is 2. The molecule has 0 bridgehead atoms. The molecule has 0 aliphatic heterocycles. The van der Waals surface area contributed by atoms with Crippen LogP contribution in [0, 0.1) is 0 Å². The van der Waals surface area contributed by atoms with Gasteiger partial charge in [-0.3, -0.25) is 4.55 Å². The van der Waals surface area contributed by atoms with E-state index in [4.69, 9.17) is 14.8 Å². The van der Waals surface area contributed by atoms with Gasteiger partial charge in [0.05, 0.1) is 16.0 Å². The van der Waals surface area contributed by atoms with E-state index < -0.39 is 38.1 Å². The number of aromatic carboxylic acids is 2. The van der Waals surface area contributed by atoms with E-state index in [2.05, 4.69) is 0 Å². The van der Waals surface area contributed by atoms with Gasteiger partial charge in [0.2, 0.25) is 0 Å². The van der Waals surface area contributed by atoms with Crippen LogP contribution in [0.1, 0.15) is 23.6 Å². The molecule has 0 saturated heterocycles. The second-order valence-electron chi connectivity index (χ2n) is 2.83. The first-order chi connectivity index (χ1) is 7.21. The number of hydrogen-bond donors (Lipinski definition) is 3. The first-order valence-corrected chi connectivity index (χ1v) is 5.25. The zero-order valence-electron chi connectivity index (χ0n) is 10.3. The van der Waals surface area contributed by atoms with E-state index in [0.717, 1.165) is 6.07 Å². The fraction of sp³-hybridized carbons (Fsp3) is 0. The van der Waals surface area contributed by atoms with Crippen molar-refractivity contribution in [2.24, 2.45) is 0 Å². The normalized spacial score (nSPS) is 10.4. The fourth-order valence-electron chi connectivity index (χ4n) is 0.995. The Morgan fingerprint density at radius 2 is 1.35 bits per heavy atom. The molecule has 0 aliphatic rings. The van der Waals surface area contributed by atoms with Gasteiger partial charge in [-0.1, -0.05) is 0 Å². The van der Waals surface area contributed by atoms with E-state index in [0.29, 0.717) is 12.1 Å². The molecule has 7 nitrogen and oxygen atoms in total. The van der Waals surface area contributed by atoms with Gasteiger partial charge in [0.25, 0.3) is 10.1 Å². The summed E-state index contributed by atoms with van der Waals surface area (Å²) >= 11 is 0. The van der Waals surface area contributed by atoms with Crippen molar-refractivity contribution in [3.63, 3.8) is 0 Å². The largest absolute Gasteiger partial charge is 2.00 e. The van der Waals surface area contributed by atoms with Crippen LogP contribution in [0.4, 0.5) is 0 Å². The third-order valence-corrected chi connectivity index (χ3v) is 2.53. The van der Waals surface area contributed by atoms with Crippen LogP contribution in [0.5, 0.6) is 0 Å². The Morgan fingerprint density at radius 1 is 1.00 bits per heavy atom. The summed E-state index contributed by atoms with van der Waals surface area (Å²) in [5, 5.41) is 17.2. The second-order valence-corrected chi connectivity index (χ2v) is 4.25. The van der Waals surface area contributed by atoms with Crippen molar-refractivity contribution >= 4 is 70.9 Å². The minimum absolute atomic E-state index is 0. The van der Waals surface area contributed by atoms with Crippen molar-refractivity contribution in [3.05, 3.63) is 29.3 Å². The van der Waals surface area contributed by atoms with Crippen LogP contribution in [0.3, 0.4) is 0 Å². The van der Waals surface area contributed by atoms with Crippen LogP contribution in [0.25, 0.3) is 0 Å². The van der Waals surface area contributed by atoms with Gasteiger partial charge in [0.15, 0.2) is 0 Å². The Hall–Kier alpha value is -0.359. The molecule has 1 aromatic carbocycles. The quantitative estimate of drug-likeness (QED) is 0.500. The molecule has 0 saturated carbocycles. The Labute approximate surface area is 139 Å². The molecule has 0 aliphatic carbocycles. The zero-order chi connectivity index (χ0) is 12.5. The van der Waals surface area contributed by atoms with Gasteiger partial charge in [-0.05, 0) is 18.2 Å². The minimum atomic E-state index is -4.64. The standard InChI is InChI=1S/C8H6O7S.Ba.2H/c9-7(10)4-1-5(8(11)12)3-6(2-4)16(13,14)15;;;/h1-3H,(H,9,10)(H,11,12)(H,13,14,15);;;/q;+2;2*-1. The predicted molar refractivity (Wildman–Crippen MR) is 58.2 cm³/mol. The first-order valence-electron chi connectivity index (χ1n) is 3.81. The molecule has 0 heterocycles. The van der Waals surface area contributed by atoms with Crippen LogP contribution in [-0.2, 0) is 10.1 Å². The van der Waals surface area contributed by atoms with Crippen LogP contribution in [0.2, 0.25) is 0 Å². The topological polar surface area (TPSA) is 129 Å². The van der Waals surface area contributed by atoms with Crippen LogP contribution < -0.4 is 0 Å². The number of benzene rings is 1. The molecule has 0 spiro atoms. The molecule has 9 heteroatoms. The molecule has 1 rings (SSSR count). The second kappa shape index (κ2) is 6.00. The maximum atomic E-state index is 10.8. The molecule has 0 atom stereocenters. The summed E-state index contributed by atoms with van der Waals surface area (Å²) in [5.41, 5.74) is -1.07. The summed E-state index contributed by atoms with van der Waals surface area (Å²) < 4.78 is 30.2. The van der Waals surface area contributed by atoms with Gasteiger partial charge in [0, 0.05) is 0 Å². The molecule has 0 aromatic heterocycles. The third kappa shape index (κ3) is 4.43. The molecule has 3 N–H and O–H groups in total. The zero-order valence-corrected chi connectivity index (χ0v) is 13.6. The van der Waals surface area contributed by atoms with E-state index in [-0.39, 0.29) is 51.7 Å². The molecule has 1 aromatic rings. The number of carboxylic acids is 2. The fourth-order valence-corrected chi connectivity index (χ4v) is 1.55. The molecular weight excluding hydrogens is 377 g/mol. The van der Waals surface area contributed by atoms with Gasteiger partial charge >= 0.3 is 60.8 Å². The number of hydrogen-bond acceptors (Lipinski definition) is 4. The van der Waals surface area contributed by atoms with Crippen molar-refractivity contribution in [1.82, 2.24) is 0 Å². The SMILES string of the molecule is O=C(O)c1cc(C(=O)O)cc(S(=O)(=O)O)c1.[Ba+2].[H-].[H-]. The summed E-state index contributed by atoms with van der Waals surface area (Å²) in [6, 6.07) is 2.13. The summed E-state index contributed by atoms with van der Waals surface area (Å²) in [5.74, 6) is -2.99. The van der Waals surface area contributed by atoms with E-state index in [9.17, 15) is 18.0 Å². The van der Waals surface area contributed by atoms with Gasteiger partial charge in [-0.25, -0.2) is 9.59 Å². The molecular formula is C8H8BaO7S. The molecule has 0 fully saturated rings. The Bertz CT molecular complexity index is 540. The average molecular weight is 386 g/mol. The van der Waals surface area contributed by atoms with E-state index in [1.807, 2.05) is 0 Å². The van der Waals surface area contributed by atoms with Crippen LogP contribution in [-0.4, -0.2) is 84.0 Å². The molecule has 0 unspecified atom stereocenters. The smallest absolute Gasteiger partial charge is 1.00 e. The first kappa shape index (κ1) is 16.6. The molecule has 90 valence electrons. The number of rotatable bonds is 3. The van der Waals surface area contributed by atoms with Gasteiger partial charge in [-0.15, -0.1) is 0 Å². The minimum Gasteiger partial charge on any atom is -1.00 e. The maximum absolute atomic E-state index is 10.8. The predicted octanol–water partition coefficient (Wildman–Crippen LogP) is 0.174. The van der Waals surface area contributed by atoms with E-state index in [1.165, 1.54) is 0 Å². The van der Waals surface area contributed by atoms with E-state index >= 15 is 0 Å². The van der Waals surface area contributed by atoms with Gasteiger partial charge < -0.3 is 13.1 Å². The molecule has 17 heavy (non-hydrogen) atoms. The Balaban J connectivity index is -0.000000853. The van der Waals surface area contributed by atoms with E-state index in [1.54, 1.807) is 0 Å². The maximum Gasteiger partial charge on any atom is 2.00 e. The van der Waals surface area contributed by atoms with Crippen molar-refractivity contribution in [1.29, 1.82) is 0 Å². The monoisotopic (exact) mass is 386 g/mol. The van der Waals surface area contributed by atoms with Crippen molar-refractivity contribution in [2.75, 3.05) is 0 Å². The number of carboxylic acid groups (broad SMARTS) is 2. The molecule has 0 amide bonds. The molecule has 0 radical (unpaired) electrons. The summed E-state index contributed by atoms with van der Waals surface area (Å²) in [6.45, 7) is 0. The van der Waals surface area contributed by atoms with Gasteiger partial charge in [0.1, 0.15) is 0 Å². The van der Waals surface area contributed by atoms with Crippen molar-refractivity contribution in [2.45, 2.75) is 4.90 Å². The average Bonchev–Trinajstić information content (AvgIpc) is 2.15. The van der Waals surface area contributed by atoms with Crippen molar-refractivity contribution < 1.29 is 35.6 Å². The Morgan fingerprint density at radius 3 is 1.59 bits per heavy atom. The van der Waals surface area contributed by atoms with Crippen LogP contribution >= 0.6 is 0 Å². The van der Waals surface area contributed by atoms with Gasteiger partial charge in [-0.2, -0.15) is 8.42 Å². The Kier molecular flexibility index (Phi) is 5.87.